The van der Waals surface area contributed by atoms with Crippen LogP contribution in [0, 0.1) is 0 Å². The van der Waals surface area contributed by atoms with Crippen LogP contribution in [-0.2, 0) is 0 Å². The quantitative estimate of drug-likeness (QED) is 0.598. The number of thiocarbonyl (C=S) groups is 2. The molecule has 2 aromatic carbocycles. The summed E-state index contributed by atoms with van der Waals surface area (Å²) in [6.45, 7) is 1.76. The highest BCUT2D eigenvalue weighted by Gasteiger charge is 2.00. The van der Waals surface area contributed by atoms with Gasteiger partial charge in [0, 0.05) is 24.2 Å². The molecule has 0 saturated heterocycles. The molecule has 4 heteroatoms. The van der Waals surface area contributed by atoms with E-state index in [0.717, 1.165) is 47.0 Å². The van der Waals surface area contributed by atoms with Gasteiger partial charge in [-0.15, -0.1) is 0 Å². The molecule has 0 radical (unpaired) electrons. The fourth-order valence-electron chi connectivity index (χ4n) is 2.04. The summed E-state index contributed by atoms with van der Waals surface area (Å²) in [5, 5.41) is 6.58. The van der Waals surface area contributed by atoms with Crippen LogP contribution in [0.25, 0.3) is 0 Å². The Morgan fingerprint density at radius 2 is 1.00 bits per heavy atom. The molecular formula is C18H20N2S2. The van der Waals surface area contributed by atoms with Crippen LogP contribution in [-0.4, -0.2) is 23.1 Å². The highest BCUT2D eigenvalue weighted by molar-refractivity contribution is 7.81. The minimum absolute atomic E-state index is 0.813. The third-order valence-electron chi connectivity index (χ3n) is 3.25. The van der Waals surface area contributed by atoms with Gasteiger partial charge >= 0.3 is 0 Å². The molecule has 0 aliphatic rings. The van der Waals surface area contributed by atoms with Crippen LogP contribution in [0.15, 0.2) is 60.7 Å². The second kappa shape index (κ2) is 9.28. The van der Waals surface area contributed by atoms with Gasteiger partial charge in [-0.05, 0) is 12.8 Å². The van der Waals surface area contributed by atoms with Gasteiger partial charge in [-0.2, -0.15) is 0 Å². The highest BCUT2D eigenvalue weighted by Crippen LogP contribution is 2.01. The van der Waals surface area contributed by atoms with Gasteiger partial charge in [-0.3, -0.25) is 0 Å². The van der Waals surface area contributed by atoms with Crippen molar-refractivity contribution in [3.8, 4) is 0 Å². The molecule has 0 aliphatic heterocycles. The van der Waals surface area contributed by atoms with Crippen molar-refractivity contribution in [2.45, 2.75) is 12.8 Å². The fourth-order valence-corrected chi connectivity index (χ4v) is 2.51. The molecule has 2 aromatic rings. The molecule has 2 rings (SSSR count). The normalized spacial score (nSPS) is 10.0. The average Bonchev–Trinajstić information content (AvgIpc) is 2.59. The molecule has 22 heavy (non-hydrogen) atoms. The highest BCUT2D eigenvalue weighted by atomic mass is 32.1. The average molecular weight is 329 g/mol. The second-order valence-corrected chi connectivity index (χ2v) is 5.77. The number of benzene rings is 2. The minimum Gasteiger partial charge on any atom is -0.376 e. The molecule has 0 unspecified atom stereocenters. The van der Waals surface area contributed by atoms with Gasteiger partial charge in [0.1, 0.15) is 9.98 Å². The summed E-state index contributed by atoms with van der Waals surface area (Å²) >= 11 is 10.7. The van der Waals surface area contributed by atoms with Crippen LogP contribution in [0.3, 0.4) is 0 Å². The predicted molar refractivity (Wildman–Crippen MR) is 102 cm³/mol. The van der Waals surface area contributed by atoms with Crippen LogP contribution < -0.4 is 10.6 Å². The third-order valence-corrected chi connectivity index (χ3v) is 4.01. The summed E-state index contributed by atoms with van der Waals surface area (Å²) < 4.78 is 0. The van der Waals surface area contributed by atoms with Crippen molar-refractivity contribution in [2.75, 3.05) is 13.1 Å². The van der Waals surface area contributed by atoms with Crippen molar-refractivity contribution in [3.63, 3.8) is 0 Å². The van der Waals surface area contributed by atoms with E-state index >= 15 is 0 Å². The number of hydrogen-bond acceptors (Lipinski definition) is 2. The topological polar surface area (TPSA) is 24.1 Å². The van der Waals surface area contributed by atoms with Crippen LogP contribution in [0.4, 0.5) is 0 Å². The van der Waals surface area contributed by atoms with E-state index in [0.29, 0.717) is 0 Å². The lowest BCUT2D eigenvalue weighted by Gasteiger charge is -2.09. The summed E-state index contributed by atoms with van der Waals surface area (Å²) in [4.78, 5) is 1.63. The van der Waals surface area contributed by atoms with E-state index in [1.807, 2.05) is 60.7 Å². The number of unbranched alkanes of at least 4 members (excludes halogenated alkanes) is 1. The van der Waals surface area contributed by atoms with Crippen molar-refractivity contribution in [3.05, 3.63) is 71.8 Å². The standard InChI is InChI=1S/C18H20N2S2/c21-17(15-9-3-1-4-10-15)19-13-7-8-14-20-18(22)16-11-5-2-6-12-16/h1-6,9-12H,7-8,13-14H2,(H,19,21)(H,20,22). The molecular weight excluding hydrogens is 308 g/mol. The van der Waals surface area contributed by atoms with Gasteiger partial charge in [-0.25, -0.2) is 0 Å². The SMILES string of the molecule is S=C(NCCCCNC(=S)c1ccccc1)c1ccccc1. The maximum atomic E-state index is 5.36. The zero-order valence-electron chi connectivity index (χ0n) is 12.4. The van der Waals surface area contributed by atoms with E-state index in [2.05, 4.69) is 10.6 Å². The van der Waals surface area contributed by atoms with E-state index in [9.17, 15) is 0 Å². The molecule has 0 bridgehead atoms. The Morgan fingerprint density at radius 3 is 1.36 bits per heavy atom. The van der Waals surface area contributed by atoms with Gasteiger partial charge in [0.05, 0.1) is 0 Å². The molecule has 0 atom stereocenters. The maximum Gasteiger partial charge on any atom is 0.106 e. The van der Waals surface area contributed by atoms with Crippen LogP contribution in [0.5, 0.6) is 0 Å². The molecule has 0 aliphatic carbocycles. The largest absolute Gasteiger partial charge is 0.376 e. The van der Waals surface area contributed by atoms with Gasteiger partial charge in [-0.1, -0.05) is 85.1 Å². The van der Waals surface area contributed by atoms with Gasteiger partial charge in [0.15, 0.2) is 0 Å². The number of nitrogens with one attached hydrogen (secondary N) is 2. The Labute approximate surface area is 142 Å². The van der Waals surface area contributed by atoms with E-state index in [4.69, 9.17) is 24.4 Å². The first-order valence-electron chi connectivity index (χ1n) is 7.44. The Bertz CT molecular complexity index is 541. The van der Waals surface area contributed by atoms with E-state index in [1.54, 1.807) is 0 Å². The summed E-state index contributed by atoms with van der Waals surface area (Å²) in [5.41, 5.74) is 2.14. The Morgan fingerprint density at radius 1 is 0.636 bits per heavy atom. The molecule has 0 fully saturated rings. The smallest absolute Gasteiger partial charge is 0.106 e. The monoisotopic (exact) mass is 328 g/mol. The number of rotatable bonds is 7. The van der Waals surface area contributed by atoms with Gasteiger partial charge < -0.3 is 10.6 Å². The molecule has 0 aromatic heterocycles. The molecule has 0 spiro atoms. The zero-order chi connectivity index (χ0) is 15.6. The van der Waals surface area contributed by atoms with Crippen LogP contribution in [0.2, 0.25) is 0 Å². The number of hydrogen-bond donors (Lipinski definition) is 2. The summed E-state index contributed by atoms with van der Waals surface area (Å²) in [7, 11) is 0. The van der Waals surface area contributed by atoms with E-state index in [-0.39, 0.29) is 0 Å². The first-order valence-corrected chi connectivity index (χ1v) is 8.25. The molecule has 2 N–H and O–H groups in total. The van der Waals surface area contributed by atoms with Crippen LogP contribution in [0.1, 0.15) is 24.0 Å². The fraction of sp³-hybridized carbons (Fsp3) is 0.222. The van der Waals surface area contributed by atoms with Crippen molar-refractivity contribution < 1.29 is 0 Å². The van der Waals surface area contributed by atoms with Gasteiger partial charge in [0.2, 0.25) is 0 Å². The molecule has 0 amide bonds. The summed E-state index contributed by atoms with van der Waals surface area (Å²) in [6, 6.07) is 20.1. The molecule has 2 nitrogen and oxygen atoms in total. The van der Waals surface area contributed by atoms with E-state index < -0.39 is 0 Å². The minimum atomic E-state index is 0.813. The zero-order valence-corrected chi connectivity index (χ0v) is 14.1. The molecule has 114 valence electrons. The first-order chi connectivity index (χ1) is 10.8. The summed E-state index contributed by atoms with van der Waals surface area (Å²) in [6.07, 6.45) is 2.11. The van der Waals surface area contributed by atoms with E-state index in [1.165, 1.54) is 0 Å². The van der Waals surface area contributed by atoms with Crippen molar-refractivity contribution in [2.24, 2.45) is 0 Å². The van der Waals surface area contributed by atoms with Crippen molar-refractivity contribution in [1.82, 2.24) is 10.6 Å². The molecule has 0 saturated carbocycles. The first kappa shape index (κ1) is 16.6. The maximum absolute atomic E-state index is 5.36. The van der Waals surface area contributed by atoms with Gasteiger partial charge in [0.25, 0.3) is 0 Å². The summed E-state index contributed by atoms with van der Waals surface area (Å²) in [5.74, 6) is 0. The molecule has 0 heterocycles. The second-order valence-electron chi connectivity index (χ2n) is 4.95. The lowest BCUT2D eigenvalue weighted by molar-refractivity contribution is 0.695. The lowest BCUT2D eigenvalue weighted by atomic mass is 10.2. The predicted octanol–water partition coefficient (Wildman–Crippen LogP) is 3.70. The lowest BCUT2D eigenvalue weighted by Crippen LogP contribution is -2.26. The Kier molecular flexibility index (Phi) is 7.00. The Hall–Kier alpha value is -1.78. The third kappa shape index (κ3) is 5.54. The van der Waals surface area contributed by atoms with Crippen molar-refractivity contribution in [1.29, 1.82) is 0 Å². The Balaban J connectivity index is 1.58. The van der Waals surface area contributed by atoms with Crippen molar-refractivity contribution >= 4 is 34.4 Å². The van der Waals surface area contributed by atoms with Crippen LogP contribution >= 0.6 is 24.4 Å².